The highest BCUT2D eigenvalue weighted by Gasteiger charge is 2.34. The van der Waals surface area contributed by atoms with Crippen LogP contribution in [0.5, 0.6) is 0 Å². The fourth-order valence-corrected chi connectivity index (χ4v) is 3.63. The van der Waals surface area contributed by atoms with E-state index in [1.165, 1.54) is 11.8 Å². The third kappa shape index (κ3) is 2.90. The second-order valence-corrected chi connectivity index (χ2v) is 6.60. The van der Waals surface area contributed by atoms with Gasteiger partial charge in [0.05, 0.1) is 5.25 Å². The van der Waals surface area contributed by atoms with Gasteiger partial charge in [0.25, 0.3) is 0 Å². The van der Waals surface area contributed by atoms with Gasteiger partial charge in [-0.25, -0.2) is 4.98 Å². The first-order valence-electron chi connectivity index (χ1n) is 7.67. The van der Waals surface area contributed by atoms with E-state index in [4.69, 9.17) is 0 Å². The maximum atomic E-state index is 12.6. The van der Waals surface area contributed by atoms with Gasteiger partial charge in [0.2, 0.25) is 11.1 Å². The number of carbonyl (C=O) groups is 1. The molecule has 2 aromatic heterocycles. The Morgan fingerprint density at radius 2 is 2.04 bits per heavy atom. The molecule has 0 spiro atoms. The predicted molar refractivity (Wildman–Crippen MR) is 92.7 cm³/mol. The van der Waals surface area contributed by atoms with Gasteiger partial charge in [0, 0.05) is 30.2 Å². The lowest BCUT2D eigenvalue weighted by molar-refractivity contribution is -0.116. The van der Waals surface area contributed by atoms with Crippen molar-refractivity contribution in [1.82, 2.24) is 20.2 Å². The summed E-state index contributed by atoms with van der Waals surface area (Å²) in [5, 5.41) is 7.56. The number of benzene rings is 1. The Labute approximate surface area is 143 Å². The highest BCUT2D eigenvalue weighted by Crippen LogP contribution is 2.32. The Morgan fingerprint density at radius 3 is 2.83 bits per heavy atom. The molecule has 1 aliphatic rings. The molecule has 1 atom stereocenters. The van der Waals surface area contributed by atoms with E-state index in [9.17, 15) is 4.79 Å². The fourth-order valence-electron chi connectivity index (χ4n) is 2.69. The molecule has 4 rings (SSSR count). The summed E-state index contributed by atoms with van der Waals surface area (Å²) in [6, 6.07) is 13.5. The number of aromatic nitrogens is 4. The first-order chi connectivity index (χ1) is 11.8. The monoisotopic (exact) mass is 337 g/mol. The Morgan fingerprint density at radius 1 is 1.17 bits per heavy atom. The number of rotatable bonds is 4. The quantitative estimate of drug-likeness (QED) is 0.792. The number of amides is 1. The van der Waals surface area contributed by atoms with Crippen molar-refractivity contribution in [3.63, 3.8) is 0 Å². The molecule has 1 amide bonds. The average molecular weight is 337 g/mol. The topological polar surface area (TPSA) is 74.8 Å². The van der Waals surface area contributed by atoms with Crippen LogP contribution in [0.3, 0.4) is 0 Å². The van der Waals surface area contributed by atoms with Gasteiger partial charge in [-0.2, -0.15) is 0 Å². The maximum absolute atomic E-state index is 12.6. The molecule has 3 aromatic rings. The van der Waals surface area contributed by atoms with Crippen molar-refractivity contribution in [1.29, 1.82) is 0 Å². The molecular weight excluding hydrogens is 322 g/mol. The minimum absolute atomic E-state index is 0.110. The molecule has 3 heterocycles. The summed E-state index contributed by atoms with van der Waals surface area (Å²) < 4.78 is 0. The Balaban J connectivity index is 1.47. The number of aromatic amines is 1. The van der Waals surface area contributed by atoms with Gasteiger partial charge in [0.1, 0.15) is 0 Å². The molecule has 24 heavy (non-hydrogen) atoms. The van der Waals surface area contributed by atoms with E-state index in [-0.39, 0.29) is 11.2 Å². The lowest BCUT2D eigenvalue weighted by Crippen LogP contribution is -2.27. The van der Waals surface area contributed by atoms with Crippen molar-refractivity contribution >= 4 is 23.4 Å². The van der Waals surface area contributed by atoms with Gasteiger partial charge >= 0.3 is 0 Å². The van der Waals surface area contributed by atoms with Crippen LogP contribution in [0.25, 0.3) is 11.4 Å². The molecule has 0 bridgehead atoms. The highest BCUT2D eigenvalue weighted by molar-refractivity contribution is 8.00. The Bertz CT molecular complexity index is 836. The molecule has 1 aliphatic heterocycles. The molecule has 1 unspecified atom stereocenters. The molecule has 0 aliphatic carbocycles. The number of nitrogens with zero attached hydrogens (tertiary/aromatic N) is 4. The first-order valence-corrected chi connectivity index (χ1v) is 8.55. The Hall–Kier alpha value is -2.67. The number of carbonyl (C=O) groups excluding carboxylic acids is 1. The summed E-state index contributed by atoms with van der Waals surface area (Å²) in [7, 11) is 0. The number of hydrogen-bond acceptors (Lipinski definition) is 5. The van der Waals surface area contributed by atoms with Crippen LogP contribution < -0.4 is 4.90 Å². The zero-order chi connectivity index (χ0) is 16.4. The average Bonchev–Trinajstić information content (AvgIpc) is 3.25. The number of nitrogens with one attached hydrogen (secondary N) is 1. The van der Waals surface area contributed by atoms with Gasteiger partial charge in [-0.15, -0.1) is 5.10 Å². The second-order valence-electron chi connectivity index (χ2n) is 5.43. The van der Waals surface area contributed by atoms with Crippen LogP contribution in [0.15, 0.2) is 60.0 Å². The van der Waals surface area contributed by atoms with Crippen LogP contribution in [-0.2, 0) is 4.79 Å². The summed E-state index contributed by atoms with van der Waals surface area (Å²) in [5.74, 6) is 0.773. The standard InChI is InChI=1S/C17H15N5OS/c23-16-14(8-10-22(16)13-6-2-1-3-7-13)24-17-19-15(20-21-17)12-5-4-9-18-11-12/h1-7,9,11,14H,8,10H2,(H,19,20,21). The zero-order valence-electron chi connectivity index (χ0n) is 12.8. The summed E-state index contributed by atoms with van der Waals surface area (Å²) in [4.78, 5) is 23.0. The van der Waals surface area contributed by atoms with Crippen molar-refractivity contribution in [3.8, 4) is 11.4 Å². The number of para-hydroxylation sites is 1. The van der Waals surface area contributed by atoms with Crippen molar-refractivity contribution in [2.45, 2.75) is 16.8 Å². The third-order valence-electron chi connectivity index (χ3n) is 3.87. The molecule has 1 saturated heterocycles. The minimum atomic E-state index is -0.150. The van der Waals surface area contributed by atoms with E-state index >= 15 is 0 Å². The van der Waals surface area contributed by atoms with Crippen LogP contribution in [0.1, 0.15) is 6.42 Å². The number of hydrogen-bond donors (Lipinski definition) is 1. The first kappa shape index (κ1) is 14.9. The lowest BCUT2D eigenvalue weighted by atomic mass is 10.3. The molecule has 1 aromatic carbocycles. The normalized spacial score (nSPS) is 17.4. The predicted octanol–water partition coefficient (Wildman–Crippen LogP) is 2.76. The largest absolute Gasteiger partial charge is 0.311 e. The van der Waals surface area contributed by atoms with Crippen LogP contribution >= 0.6 is 11.8 Å². The van der Waals surface area contributed by atoms with Crippen LogP contribution in [0.4, 0.5) is 5.69 Å². The molecular formula is C17H15N5OS. The van der Waals surface area contributed by atoms with Gasteiger partial charge in [-0.3, -0.25) is 14.9 Å². The highest BCUT2D eigenvalue weighted by atomic mass is 32.2. The van der Waals surface area contributed by atoms with Gasteiger partial charge in [0.15, 0.2) is 5.82 Å². The second kappa shape index (κ2) is 6.45. The van der Waals surface area contributed by atoms with E-state index in [1.54, 1.807) is 12.4 Å². The summed E-state index contributed by atoms with van der Waals surface area (Å²) in [6.07, 6.45) is 4.23. The van der Waals surface area contributed by atoms with Gasteiger partial charge in [-0.1, -0.05) is 30.0 Å². The molecule has 7 heteroatoms. The Kier molecular flexibility index (Phi) is 4.00. The van der Waals surface area contributed by atoms with Crippen molar-refractivity contribution in [3.05, 3.63) is 54.9 Å². The van der Waals surface area contributed by atoms with Crippen LogP contribution in [0.2, 0.25) is 0 Å². The smallest absolute Gasteiger partial charge is 0.240 e. The molecule has 1 N–H and O–H groups in total. The van der Waals surface area contributed by atoms with E-state index < -0.39 is 0 Å². The maximum Gasteiger partial charge on any atom is 0.240 e. The van der Waals surface area contributed by atoms with E-state index in [0.29, 0.717) is 11.0 Å². The molecule has 1 fully saturated rings. The summed E-state index contributed by atoms with van der Waals surface area (Å²) in [6.45, 7) is 0.723. The summed E-state index contributed by atoms with van der Waals surface area (Å²) in [5.41, 5.74) is 1.82. The SMILES string of the molecule is O=C1C(Sc2n[nH]c(-c3cccnc3)n2)CCN1c1ccccc1. The van der Waals surface area contributed by atoms with Crippen LogP contribution in [0, 0.1) is 0 Å². The fraction of sp³-hybridized carbons (Fsp3) is 0.176. The summed E-state index contributed by atoms with van der Waals surface area (Å²) >= 11 is 1.41. The van der Waals surface area contributed by atoms with Gasteiger partial charge in [-0.05, 0) is 30.7 Å². The third-order valence-corrected chi connectivity index (χ3v) is 4.99. The van der Waals surface area contributed by atoms with Crippen molar-refractivity contribution in [2.24, 2.45) is 0 Å². The molecule has 0 radical (unpaired) electrons. The zero-order valence-corrected chi connectivity index (χ0v) is 13.6. The minimum Gasteiger partial charge on any atom is -0.311 e. The van der Waals surface area contributed by atoms with Gasteiger partial charge < -0.3 is 4.90 Å². The van der Waals surface area contributed by atoms with Crippen molar-refractivity contribution < 1.29 is 4.79 Å². The van der Waals surface area contributed by atoms with Crippen molar-refractivity contribution in [2.75, 3.05) is 11.4 Å². The number of H-pyrrole nitrogens is 1. The lowest BCUT2D eigenvalue weighted by Gasteiger charge is -2.16. The van der Waals surface area contributed by atoms with E-state index in [2.05, 4.69) is 20.2 Å². The van der Waals surface area contributed by atoms with E-state index in [1.807, 2.05) is 47.4 Å². The molecule has 0 saturated carbocycles. The van der Waals surface area contributed by atoms with E-state index in [0.717, 1.165) is 24.2 Å². The molecule has 6 nitrogen and oxygen atoms in total. The number of thioether (sulfide) groups is 1. The molecule has 120 valence electrons. The number of anilines is 1. The van der Waals surface area contributed by atoms with Crippen LogP contribution in [-0.4, -0.2) is 37.9 Å². The number of pyridine rings is 1.